The molecule has 0 N–H and O–H groups in total. The second kappa shape index (κ2) is 12.1. The van der Waals surface area contributed by atoms with E-state index in [9.17, 15) is 4.79 Å². The zero-order valence-corrected chi connectivity index (χ0v) is 17.2. The Hall–Kier alpha value is -1.39. The first-order valence-electron chi connectivity index (χ1n) is 9.23. The van der Waals surface area contributed by atoms with Gasteiger partial charge in [0.25, 0.3) is 0 Å². The third-order valence-corrected chi connectivity index (χ3v) is 7.11. The molecule has 0 spiro atoms. The van der Waals surface area contributed by atoms with Crippen molar-refractivity contribution < 1.29 is 9.53 Å². The first-order chi connectivity index (χ1) is 12.7. The van der Waals surface area contributed by atoms with E-state index in [2.05, 4.69) is 55.5 Å². The van der Waals surface area contributed by atoms with E-state index in [0.29, 0.717) is 6.42 Å². The van der Waals surface area contributed by atoms with Gasteiger partial charge < -0.3 is 4.74 Å². The van der Waals surface area contributed by atoms with E-state index < -0.39 is 0 Å². The first kappa shape index (κ1) is 20.9. The summed E-state index contributed by atoms with van der Waals surface area (Å²) < 4.78 is 5.25. The largest absolute Gasteiger partial charge is 0.469 e. The third kappa shape index (κ3) is 7.46. The molecular weight excluding hydrogens is 360 g/mol. The molecule has 2 aromatic carbocycles. The van der Waals surface area contributed by atoms with Gasteiger partial charge in [-0.25, -0.2) is 0 Å². The molecule has 1 atom stereocenters. The number of benzene rings is 2. The molecule has 0 saturated carbocycles. The molecule has 0 aliphatic heterocycles. The molecule has 0 aliphatic rings. The minimum Gasteiger partial charge on any atom is -0.469 e. The molecule has 0 aromatic heterocycles. The molecular formula is C22H28O2S2. The fourth-order valence-electron chi connectivity index (χ4n) is 2.77. The maximum absolute atomic E-state index is 12.0. The smallest absolute Gasteiger partial charge is 0.305 e. The predicted octanol–water partition coefficient (Wildman–Crippen LogP) is 6.66. The monoisotopic (exact) mass is 388 g/mol. The van der Waals surface area contributed by atoms with Crippen LogP contribution in [0.25, 0.3) is 0 Å². The van der Waals surface area contributed by atoms with Gasteiger partial charge in [0.1, 0.15) is 0 Å². The van der Waals surface area contributed by atoms with E-state index >= 15 is 0 Å². The lowest BCUT2D eigenvalue weighted by molar-refractivity contribution is -0.141. The standard InChI is InChI=1S/C22H28O2S2/c1-3-4-7-12-18(17-21(23)24-2)22(25-19-13-8-5-9-14-19)26-20-15-10-6-11-16-20/h5-6,8-11,13-16,18,22H,3-4,7,12,17H2,1-2H3. The van der Waals surface area contributed by atoms with Crippen LogP contribution >= 0.6 is 23.5 Å². The van der Waals surface area contributed by atoms with E-state index in [-0.39, 0.29) is 16.5 Å². The molecule has 0 aliphatic carbocycles. The summed E-state index contributed by atoms with van der Waals surface area (Å²) >= 11 is 3.71. The molecule has 140 valence electrons. The van der Waals surface area contributed by atoms with Gasteiger partial charge in [-0.1, -0.05) is 62.6 Å². The Morgan fingerprint density at radius 2 is 1.46 bits per heavy atom. The number of esters is 1. The van der Waals surface area contributed by atoms with Gasteiger partial charge in [0.15, 0.2) is 0 Å². The normalized spacial score (nSPS) is 12.1. The zero-order valence-electron chi connectivity index (χ0n) is 15.6. The SMILES string of the molecule is CCCCCC(CC(=O)OC)C(Sc1ccccc1)Sc1ccccc1. The zero-order chi connectivity index (χ0) is 18.6. The Morgan fingerprint density at radius 1 is 0.923 bits per heavy atom. The lowest BCUT2D eigenvalue weighted by Crippen LogP contribution is -2.19. The van der Waals surface area contributed by atoms with Crippen LogP contribution in [0.2, 0.25) is 0 Å². The Balaban J connectivity index is 2.18. The molecule has 0 amide bonds. The second-order valence-corrected chi connectivity index (χ2v) is 8.99. The van der Waals surface area contributed by atoms with E-state index in [1.807, 2.05) is 35.7 Å². The number of methoxy groups -OCH3 is 1. The van der Waals surface area contributed by atoms with Crippen molar-refractivity contribution in [3.63, 3.8) is 0 Å². The number of thioether (sulfide) groups is 2. The highest BCUT2D eigenvalue weighted by atomic mass is 32.2. The third-order valence-electron chi connectivity index (χ3n) is 4.21. The van der Waals surface area contributed by atoms with E-state index in [1.165, 1.54) is 29.7 Å². The molecule has 0 heterocycles. The predicted molar refractivity (Wildman–Crippen MR) is 113 cm³/mol. The Bertz CT molecular complexity index is 590. The molecule has 2 nitrogen and oxygen atoms in total. The summed E-state index contributed by atoms with van der Waals surface area (Å²) in [5.74, 6) is 0.170. The van der Waals surface area contributed by atoms with Crippen LogP contribution in [0.3, 0.4) is 0 Å². The van der Waals surface area contributed by atoms with E-state index in [4.69, 9.17) is 4.74 Å². The van der Waals surface area contributed by atoms with Crippen molar-refractivity contribution in [2.45, 2.75) is 53.4 Å². The van der Waals surface area contributed by atoms with Crippen LogP contribution in [-0.2, 0) is 9.53 Å². The molecule has 4 heteroatoms. The maximum atomic E-state index is 12.0. The molecule has 0 bridgehead atoms. The maximum Gasteiger partial charge on any atom is 0.305 e. The van der Waals surface area contributed by atoms with Crippen molar-refractivity contribution in [1.29, 1.82) is 0 Å². The summed E-state index contributed by atoms with van der Waals surface area (Å²) in [5.41, 5.74) is 0. The number of hydrogen-bond acceptors (Lipinski definition) is 4. The van der Waals surface area contributed by atoms with Gasteiger partial charge in [0.05, 0.1) is 18.1 Å². The summed E-state index contributed by atoms with van der Waals surface area (Å²) in [4.78, 5) is 14.5. The lowest BCUT2D eigenvalue weighted by Gasteiger charge is -2.26. The fraction of sp³-hybridized carbons (Fsp3) is 0.409. The summed E-state index contributed by atoms with van der Waals surface area (Å²) in [5, 5.41) is 0. The highest BCUT2D eigenvalue weighted by Crippen LogP contribution is 2.42. The minimum absolute atomic E-state index is 0.112. The molecule has 26 heavy (non-hydrogen) atoms. The lowest BCUT2D eigenvalue weighted by atomic mass is 9.99. The van der Waals surface area contributed by atoms with Gasteiger partial charge in [0.2, 0.25) is 0 Å². The van der Waals surface area contributed by atoms with Crippen LogP contribution in [0, 0.1) is 5.92 Å². The van der Waals surface area contributed by atoms with Gasteiger partial charge in [0, 0.05) is 9.79 Å². The van der Waals surface area contributed by atoms with Crippen LogP contribution in [-0.4, -0.2) is 17.7 Å². The fourth-order valence-corrected chi connectivity index (χ4v) is 5.64. The highest BCUT2D eigenvalue weighted by molar-refractivity contribution is 8.17. The van der Waals surface area contributed by atoms with Crippen molar-refractivity contribution in [3.8, 4) is 0 Å². The Labute approximate surface area is 166 Å². The number of unbranched alkanes of at least 4 members (excludes halogenated alkanes) is 2. The molecule has 0 saturated heterocycles. The summed E-state index contributed by atoms with van der Waals surface area (Å²) in [6.07, 6.45) is 5.07. The second-order valence-electron chi connectivity index (χ2n) is 6.27. The van der Waals surface area contributed by atoms with E-state index in [0.717, 1.165) is 12.8 Å². The Kier molecular flexibility index (Phi) is 9.72. The number of rotatable bonds is 11. The number of hydrogen-bond donors (Lipinski definition) is 0. The van der Waals surface area contributed by atoms with Crippen LogP contribution in [0.4, 0.5) is 0 Å². The average Bonchev–Trinajstić information content (AvgIpc) is 2.68. The topological polar surface area (TPSA) is 26.3 Å². The van der Waals surface area contributed by atoms with Gasteiger partial charge in [-0.05, 0) is 36.6 Å². The van der Waals surface area contributed by atoms with Crippen LogP contribution in [0.5, 0.6) is 0 Å². The summed E-state index contributed by atoms with van der Waals surface area (Å²) in [7, 11) is 1.48. The minimum atomic E-state index is -0.112. The molecule has 0 fully saturated rings. The summed E-state index contributed by atoms with van der Waals surface area (Å²) in [6, 6.07) is 20.9. The van der Waals surface area contributed by atoms with Gasteiger partial charge in [-0.2, -0.15) is 0 Å². The van der Waals surface area contributed by atoms with Crippen LogP contribution < -0.4 is 0 Å². The van der Waals surface area contributed by atoms with Gasteiger partial charge in [-0.15, -0.1) is 23.5 Å². The van der Waals surface area contributed by atoms with Gasteiger partial charge in [-0.3, -0.25) is 4.79 Å². The van der Waals surface area contributed by atoms with Crippen molar-refractivity contribution in [1.82, 2.24) is 0 Å². The van der Waals surface area contributed by atoms with Crippen LogP contribution in [0.1, 0.15) is 39.0 Å². The first-order valence-corrected chi connectivity index (χ1v) is 11.0. The number of ether oxygens (including phenoxy) is 1. The van der Waals surface area contributed by atoms with Crippen molar-refractivity contribution in [3.05, 3.63) is 60.7 Å². The molecule has 1 unspecified atom stereocenters. The van der Waals surface area contributed by atoms with Crippen LogP contribution in [0.15, 0.2) is 70.5 Å². The molecule has 0 radical (unpaired) electrons. The summed E-state index contributed by atoms with van der Waals surface area (Å²) in [6.45, 7) is 2.21. The van der Waals surface area contributed by atoms with Crippen molar-refractivity contribution >= 4 is 29.5 Å². The van der Waals surface area contributed by atoms with Crippen molar-refractivity contribution in [2.75, 3.05) is 7.11 Å². The number of carbonyl (C=O) groups is 1. The van der Waals surface area contributed by atoms with Crippen molar-refractivity contribution in [2.24, 2.45) is 5.92 Å². The molecule has 2 aromatic rings. The van der Waals surface area contributed by atoms with E-state index in [1.54, 1.807) is 0 Å². The number of carbonyl (C=O) groups excluding carboxylic acids is 1. The van der Waals surface area contributed by atoms with Gasteiger partial charge >= 0.3 is 5.97 Å². The average molecular weight is 389 g/mol. The Morgan fingerprint density at radius 3 is 1.92 bits per heavy atom. The highest BCUT2D eigenvalue weighted by Gasteiger charge is 2.26. The molecule has 2 rings (SSSR count). The quantitative estimate of drug-likeness (QED) is 0.186.